The monoisotopic (exact) mass is 841 g/mol. The number of furan rings is 1. The highest BCUT2D eigenvalue weighted by Crippen LogP contribution is 2.44. The zero-order chi connectivity index (χ0) is 43.3. The quantitative estimate of drug-likeness (QED) is 0.167. The number of hydrogen-bond acceptors (Lipinski definition) is 2. The lowest BCUT2D eigenvalue weighted by atomic mass is 10.00. The van der Waals surface area contributed by atoms with E-state index in [2.05, 4.69) is 245 Å². The van der Waals surface area contributed by atoms with Crippen LogP contribution in [0.25, 0.3) is 110 Å². The third kappa shape index (κ3) is 5.58. The van der Waals surface area contributed by atoms with Crippen molar-refractivity contribution < 1.29 is 4.42 Å². The zero-order valence-electron chi connectivity index (χ0n) is 35.8. The number of hydrogen-bond donors (Lipinski definition) is 0. The second-order valence-electron chi connectivity index (χ2n) is 17.3. The fourth-order valence-corrected chi connectivity index (χ4v) is 10.6. The normalized spacial score (nSPS) is 11.9. The number of benzene rings is 11. The molecule has 0 atom stereocenters. The predicted octanol–water partition coefficient (Wildman–Crippen LogP) is 17.2. The van der Waals surface area contributed by atoms with Crippen LogP contribution in [0.5, 0.6) is 0 Å². The summed E-state index contributed by atoms with van der Waals surface area (Å²) in [6, 6.07) is 85.9. The Labute approximate surface area is 380 Å². The van der Waals surface area contributed by atoms with Crippen LogP contribution in [0.15, 0.2) is 241 Å². The fourth-order valence-electron chi connectivity index (χ4n) is 10.6. The Morgan fingerprint density at radius 1 is 0.288 bits per heavy atom. The molecule has 3 aromatic heterocycles. The maximum absolute atomic E-state index is 6.60. The molecule has 66 heavy (non-hydrogen) atoms. The summed E-state index contributed by atoms with van der Waals surface area (Å²) in [6.45, 7) is 0. The Morgan fingerprint density at radius 2 is 0.879 bits per heavy atom. The van der Waals surface area contributed by atoms with Crippen molar-refractivity contribution in [3.63, 3.8) is 0 Å². The van der Waals surface area contributed by atoms with Gasteiger partial charge in [0.05, 0.1) is 22.1 Å². The summed E-state index contributed by atoms with van der Waals surface area (Å²) in [7, 11) is 0. The first-order chi connectivity index (χ1) is 32.7. The molecule has 4 heteroatoms. The summed E-state index contributed by atoms with van der Waals surface area (Å²) in [6.07, 6.45) is 0. The second kappa shape index (κ2) is 14.3. The SMILES string of the molecule is c1ccc(-n2c3ccccc3c3ccc(N(c4cccc(-c5ccc6c(c5)c5cc7c(ccc8c9ccccc9oc78)cc5n6-c5ccccc5)c4)c4ccc5ccccc5c4)cc32)cc1. The molecule has 0 spiro atoms. The van der Waals surface area contributed by atoms with Crippen molar-refractivity contribution in [3.8, 4) is 22.5 Å². The van der Waals surface area contributed by atoms with Crippen molar-refractivity contribution in [1.29, 1.82) is 0 Å². The Bertz CT molecular complexity index is 4230. The van der Waals surface area contributed by atoms with Gasteiger partial charge in [-0.1, -0.05) is 133 Å². The molecule has 3 heterocycles. The van der Waals surface area contributed by atoms with Gasteiger partial charge in [0, 0.05) is 66.1 Å². The van der Waals surface area contributed by atoms with E-state index in [1.165, 1.54) is 37.8 Å². The Kier molecular flexibility index (Phi) is 7.95. The van der Waals surface area contributed by atoms with Gasteiger partial charge in [-0.05, 0) is 130 Å². The Balaban J connectivity index is 0.976. The number of rotatable bonds is 6. The molecular formula is C62H39N3O. The summed E-state index contributed by atoms with van der Waals surface area (Å²) in [5, 5.41) is 11.8. The summed E-state index contributed by atoms with van der Waals surface area (Å²) < 4.78 is 11.4. The summed E-state index contributed by atoms with van der Waals surface area (Å²) in [5.74, 6) is 0. The van der Waals surface area contributed by atoms with Crippen LogP contribution in [0.4, 0.5) is 17.1 Å². The number of anilines is 3. The Morgan fingerprint density at radius 3 is 1.71 bits per heavy atom. The van der Waals surface area contributed by atoms with E-state index in [9.17, 15) is 0 Å². The zero-order valence-corrected chi connectivity index (χ0v) is 35.8. The highest BCUT2D eigenvalue weighted by atomic mass is 16.3. The van der Waals surface area contributed by atoms with Gasteiger partial charge in [0.15, 0.2) is 0 Å². The number of para-hydroxylation sites is 4. The maximum atomic E-state index is 6.60. The molecule has 0 aliphatic rings. The minimum absolute atomic E-state index is 0.908. The van der Waals surface area contributed by atoms with Crippen molar-refractivity contribution >= 4 is 104 Å². The molecule has 0 saturated heterocycles. The molecule has 308 valence electrons. The van der Waals surface area contributed by atoms with Crippen LogP contribution in [-0.4, -0.2) is 9.13 Å². The van der Waals surface area contributed by atoms with Gasteiger partial charge in [-0.2, -0.15) is 0 Å². The minimum Gasteiger partial charge on any atom is -0.455 e. The van der Waals surface area contributed by atoms with Crippen molar-refractivity contribution in [2.45, 2.75) is 0 Å². The van der Waals surface area contributed by atoms with E-state index in [4.69, 9.17) is 4.42 Å². The fraction of sp³-hybridized carbons (Fsp3) is 0. The largest absolute Gasteiger partial charge is 0.455 e. The molecular weight excluding hydrogens is 803 g/mol. The van der Waals surface area contributed by atoms with Gasteiger partial charge in [-0.15, -0.1) is 0 Å². The van der Waals surface area contributed by atoms with E-state index in [1.54, 1.807) is 0 Å². The molecule has 14 aromatic rings. The van der Waals surface area contributed by atoms with E-state index >= 15 is 0 Å². The van der Waals surface area contributed by atoms with Gasteiger partial charge in [0.2, 0.25) is 0 Å². The lowest BCUT2D eigenvalue weighted by molar-refractivity contribution is 0.672. The van der Waals surface area contributed by atoms with Gasteiger partial charge in [-0.3, -0.25) is 0 Å². The van der Waals surface area contributed by atoms with Crippen molar-refractivity contribution in [3.05, 3.63) is 237 Å². The summed E-state index contributed by atoms with van der Waals surface area (Å²) >= 11 is 0. The standard InChI is InChI=1S/C62H39N3O/c1-3-17-45(18-4-1)64-57-24-11-9-22-50(57)51-32-30-49(38-60(51)64)63(48-29-26-40-14-7-8-15-41(40)34-48)47-21-13-16-42(35-47)43-28-33-58-55(36-43)56-39-54-44(37-59(56)65(58)46-19-5-2-6-20-46)27-31-53-52-23-10-12-25-61(52)66-62(53)54/h1-39H. The average Bonchev–Trinajstić information content (AvgIpc) is 4.03. The third-order valence-corrected chi connectivity index (χ3v) is 13.6. The second-order valence-corrected chi connectivity index (χ2v) is 17.3. The first kappa shape index (κ1) is 36.6. The van der Waals surface area contributed by atoms with Crippen LogP contribution in [0, 0.1) is 0 Å². The molecule has 0 aliphatic carbocycles. The molecule has 0 saturated carbocycles. The van der Waals surface area contributed by atoms with Crippen molar-refractivity contribution in [1.82, 2.24) is 9.13 Å². The Hall–Kier alpha value is -8.86. The summed E-state index contributed by atoms with van der Waals surface area (Å²) in [4.78, 5) is 2.41. The number of fused-ring (bicyclic) bond motifs is 12. The minimum atomic E-state index is 0.908. The van der Waals surface area contributed by atoms with Gasteiger partial charge < -0.3 is 18.5 Å². The lowest BCUT2D eigenvalue weighted by Gasteiger charge is -2.27. The molecule has 0 unspecified atom stereocenters. The first-order valence-corrected chi connectivity index (χ1v) is 22.6. The van der Waals surface area contributed by atoms with Gasteiger partial charge >= 0.3 is 0 Å². The highest BCUT2D eigenvalue weighted by molar-refractivity contribution is 6.21. The molecule has 0 amide bonds. The molecule has 0 radical (unpaired) electrons. The van der Waals surface area contributed by atoms with Gasteiger partial charge in [0.25, 0.3) is 0 Å². The molecule has 0 aliphatic heterocycles. The van der Waals surface area contributed by atoms with E-state index in [0.29, 0.717) is 0 Å². The van der Waals surface area contributed by atoms with Gasteiger partial charge in [-0.25, -0.2) is 0 Å². The van der Waals surface area contributed by atoms with E-state index in [-0.39, 0.29) is 0 Å². The lowest BCUT2D eigenvalue weighted by Crippen LogP contribution is -2.10. The van der Waals surface area contributed by atoms with Crippen LogP contribution >= 0.6 is 0 Å². The first-order valence-electron chi connectivity index (χ1n) is 22.6. The van der Waals surface area contributed by atoms with Crippen LogP contribution in [0.2, 0.25) is 0 Å². The topological polar surface area (TPSA) is 26.2 Å². The molecule has 4 nitrogen and oxygen atoms in total. The van der Waals surface area contributed by atoms with Crippen LogP contribution in [0.1, 0.15) is 0 Å². The smallest absolute Gasteiger partial charge is 0.143 e. The summed E-state index contributed by atoms with van der Waals surface area (Å²) in [5.41, 5.74) is 14.3. The average molecular weight is 842 g/mol. The molecule has 0 N–H and O–H groups in total. The third-order valence-electron chi connectivity index (χ3n) is 13.6. The number of nitrogens with zero attached hydrogens (tertiary/aromatic N) is 3. The van der Waals surface area contributed by atoms with Crippen molar-refractivity contribution in [2.75, 3.05) is 4.90 Å². The van der Waals surface area contributed by atoms with E-state index in [1.807, 2.05) is 6.07 Å². The van der Waals surface area contributed by atoms with Crippen LogP contribution in [-0.2, 0) is 0 Å². The number of aromatic nitrogens is 2. The van der Waals surface area contributed by atoms with Crippen LogP contribution in [0.3, 0.4) is 0 Å². The molecule has 14 rings (SSSR count). The maximum Gasteiger partial charge on any atom is 0.143 e. The van der Waals surface area contributed by atoms with Crippen LogP contribution < -0.4 is 4.90 Å². The predicted molar refractivity (Wildman–Crippen MR) is 278 cm³/mol. The van der Waals surface area contributed by atoms with E-state index in [0.717, 1.165) is 88.8 Å². The molecule has 0 bridgehead atoms. The van der Waals surface area contributed by atoms with E-state index < -0.39 is 0 Å². The van der Waals surface area contributed by atoms with Crippen molar-refractivity contribution in [2.24, 2.45) is 0 Å². The molecule has 0 fully saturated rings. The highest BCUT2D eigenvalue weighted by Gasteiger charge is 2.21. The molecule has 11 aromatic carbocycles. The van der Waals surface area contributed by atoms with Gasteiger partial charge in [0.1, 0.15) is 11.2 Å².